The fourth-order valence-corrected chi connectivity index (χ4v) is 1.24. The quantitative estimate of drug-likeness (QED) is 0.763. The first kappa shape index (κ1) is 14.9. The molecule has 3 N–H and O–H groups in total. The van der Waals surface area contributed by atoms with Gasteiger partial charge in [-0.2, -0.15) is 0 Å². The van der Waals surface area contributed by atoms with Crippen LogP contribution in [0.1, 0.15) is 33.0 Å². The zero-order chi connectivity index (χ0) is 14.5. The highest BCUT2D eigenvalue weighted by molar-refractivity contribution is 5.89. The number of hydrogen-bond acceptors (Lipinski definition) is 4. The molecule has 0 bridgehead atoms. The Bertz CT molecular complexity index is 451. The van der Waals surface area contributed by atoms with Crippen LogP contribution in [0.2, 0.25) is 0 Å². The van der Waals surface area contributed by atoms with Crippen LogP contribution < -0.4 is 10.6 Å². The minimum Gasteiger partial charge on any atom is -0.481 e. The predicted octanol–water partition coefficient (Wildman–Crippen LogP) is 1.37. The van der Waals surface area contributed by atoms with Crippen molar-refractivity contribution in [2.45, 2.75) is 32.6 Å². The summed E-state index contributed by atoms with van der Waals surface area (Å²) in [6.45, 7) is 6.05. The third-order valence-electron chi connectivity index (χ3n) is 2.20. The number of carbonyl (C=O) groups is 2. The number of nitrogens with zero attached hydrogens (tertiary/aromatic N) is 2. The maximum absolute atomic E-state index is 11.4. The average Bonchev–Trinajstić information content (AvgIpc) is 2.27. The number of carbonyl (C=O) groups excluding carboxylic acids is 1. The summed E-state index contributed by atoms with van der Waals surface area (Å²) in [5.74, 6) is -0.275. The predicted molar refractivity (Wildman–Crippen MR) is 70.0 cm³/mol. The van der Waals surface area contributed by atoms with E-state index in [-0.39, 0.29) is 18.4 Å². The average molecular weight is 266 g/mol. The van der Waals surface area contributed by atoms with Gasteiger partial charge in [0, 0.05) is 12.0 Å². The number of aliphatic carboxylic acids is 1. The molecule has 0 saturated carbocycles. The molecule has 0 radical (unpaired) electrons. The highest BCUT2D eigenvalue weighted by Crippen LogP contribution is 2.17. The van der Waals surface area contributed by atoms with Gasteiger partial charge >= 0.3 is 12.0 Å². The van der Waals surface area contributed by atoms with Crippen LogP contribution in [0.3, 0.4) is 0 Å². The van der Waals surface area contributed by atoms with Crippen molar-refractivity contribution in [3.63, 3.8) is 0 Å². The summed E-state index contributed by atoms with van der Waals surface area (Å²) in [5.41, 5.74) is 0.309. The Morgan fingerprint density at radius 1 is 1.26 bits per heavy atom. The van der Waals surface area contributed by atoms with Crippen molar-refractivity contribution in [2.75, 3.05) is 11.9 Å². The zero-order valence-electron chi connectivity index (χ0n) is 11.2. The van der Waals surface area contributed by atoms with Gasteiger partial charge in [0.2, 0.25) is 0 Å². The largest absolute Gasteiger partial charge is 0.481 e. The molecule has 7 nitrogen and oxygen atoms in total. The molecule has 2 amide bonds. The van der Waals surface area contributed by atoms with Crippen molar-refractivity contribution in [3.8, 4) is 0 Å². The van der Waals surface area contributed by atoms with Crippen molar-refractivity contribution >= 4 is 17.7 Å². The second kappa shape index (κ2) is 6.12. The van der Waals surface area contributed by atoms with Gasteiger partial charge in [-0.1, -0.05) is 20.8 Å². The molecule has 19 heavy (non-hydrogen) atoms. The lowest BCUT2D eigenvalue weighted by Crippen LogP contribution is -2.30. The normalized spacial score (nSPS) is 10.9. The minimum atomic E-state index is -0.960. The van der Waals surface area contributed by atoms with Crippen LogP contribution in [-0.4, -0.2) is 33.6 Å². The van der Waals surface area contributed by atoms with Gasteiger partial charge in [0.25, 0.3) is 0 Å². The lowest BCUT2D eigenvalue weighted by molar-refractivity contribution is -0.136. The number of aromatic nitrogens is 2. The van der Waals surface area contributed by atoms with Gasteiger partial charge in [-0.3, -0.25) is 4.79 Å². The number of nitrogens with one attached hydrogen (secondary N) is 2. The van der Waals surface area contributed by atoms with E-state index in [1.54, 1.807) is 0 Å². The van der Waals surface area contributed by atoms with Crippen LogP contribution >= 0.6 is 0 Å². The number of anilines is 1. The van der Waals surface area contributed by atoms with Crippen LogP contribution in [0, 0.1) is 0 Å². The van der Waals surface area contributed by atoms with Crippen LogP contribution in [0.15, 0.2) is 12.4 Å². The minimum absolute atomic E-state index is 0.0715. The van der Waals surface area contributed by atoms with E-state index >= 15 is 0 Å². The van der Waals surface area contributed by atoms with Gasteiger partial charge in [0.1, 0.15) is 5.82 Å². The third-order valence-corrected chi connectivity index (χ3v) is 2.20. The first-order valence-electron chi connectivity index (χ1n) is 5.88. The summed E-state index contributed by atoms with van der Waals surface area (Å²) in [6, 6.07) is -0.478. The van der Waals surface area contributed by atoms with Crippen LogP contribution in [0.25, 0.3) is 0 Å². The SMILES string of the molecule is CC(C)(C)c1ncc(NC(=O)NCCC(=O)O)cn1. The molecule has 0 aliphatic carbocycles. The van der Waals surface area contributed by atoms with Crippen molar-refractivity contribution in [1.29, 1.82) is 0 Å². The molecular formula is C12H18N4O3. The smallest absolute Gasteiger partial charge is 0.319 e. The summed E-state index contributed by atoms with van der Waals surface area (Å²) in [4.78, 5) is 30.0. The van der Waals surface area contributed by atoms with E-state index in [0.29, 0.717) is 11.5 Å². The monoisotopic (exact) mass is 266 g/mol. The molecule has 1 rings (SSSR count). The number of amides is 2. The van der Waals surface area contributed by atoms with E-state index in [4.69, 9.17) is 5.11 Å². The third kappa shape index (κ3) is 5.33. The molecular weight excluding hydrogens is 248 g/mol. The fraction of sp³-hybridized carbons (Fsp3) is 0.500. The molecule has 0 atom stereocenters. The van der Waals surface area contributed by atoms with E-state index in [0.717, 1.165) is 0 Å². The molecule has 104 valence electrons. The first-order valence-corrected chi connectivity index (χ1v) is 5.88. The molecule has 7 heteroatoms. The summed E-state index contributed by atoms with van der Waals surface area (Å²) >= 11 is 0. The Balaban J connectivity index is 2.49. The maximum Gasteiger partial charge on any atom is 0.319 e. The number of hydrogen-bond donors (Lipinski definition) is 3. The number of carboxylic acids is 1. The molecule has 0 spiro atoms. The lowest BCUT2D eigenvalue weighted by Gasteiger charge is -2.16. The summed E-state index contributed by atoms with van der Waals surface area (Å²) < 4.78 is 0. The van der Waals surface area contributed by atoms with Gasteiger partial charge in [-0.25, -0.2) is 14.8 Å². The Kier molecular flexibility index (Phi) is 4.80. The van der Waals surface area contributed by atoms with Crippen LogP contribution in [0.4, 0.5) is 10.5 Å². The van der Waals surface area contributed by atoms with Crippen molar-refractivity contribution in [2.24, 2.45) is 0 Å². The molecule has 0 fully saturated rings. The topological polar surface area (TPSA) is 104 Å². The van der Waals surface area contributed by atoms with E-state index in [1.165, 1.54) is 12.4 Å². The Labute approximate surface area is 111 Å². The highest BCUT2D eigenvalue weighted by atomic mass is 16.4. The molecule has 0 unspecified atom stereocenters. The molecule has 0 aliphatic heterocycles. The Morgan fingerprint density at radius 2 is 1.84 bits per heavy atom. The van der Waals surface area contributed by atoms with E-state index < -0.39 is 12.0 Å². The molecule has 0 aromatic carbocycles. The van der Waals surface area contributed by atoms with E-state index in [2.05, 4.69) is 20.6 Å². The lowest BCUT2D eigenvalue weighted by atomic mass is 9.96. The highest BCUT2D eigenvalue weighted by Gasteiger charge is 2.16. The summed E-state index contributed by atoms with van der Waals surface area (Å²) in [6.07, 6.45) is 2.92. The van der Waals surface area contributed by atoms with Crippen LogP contribution in [-0.2, 0) is 10.2 Å². The van der Waals surface area contributed by atoms with Gasteiger partial charge in [0.05, 0.1) is 24.5 Å². The van der Waals surface area contributed by atoms with E-state index in [9.17, 15) is 9.59 Å². The molecule has 0 aliphatic rings. The summed E-state index contributed by atoms with van der Waals surface area (Å²) in [7, 11) is 0. The second-order valence-electron chi connectivity index (χ2n) is 5.07. The first-order chi connectivity index (χ1) is 8.79. The molecule has 1 aromatic rings. The maximum atomic E-state index is 11.4. The fourth-order valence-electron chi connectivity index (χ4n) is 1.24. The van der Waals surface area contributed by atoms with Gasteiger partial charge in [-0.05, 0) is 0 Å². The van der Waals surface area contributed by atoms with Crippen molar-refractivity contribution in [3.05, 3.63) is 18.2 Å². The zero-order valence-corrected chi connectivity index (χ0v) is 11.2. The summed E-state index contributed by atoms with van der Waals surface area (Å²) in [5, 5.41) is 13.4. The number of carboxylic acid groups (broad SMARTS) is 1. The van der Waals surface area contributed by atoms with Crippen molar-refractivity contribution in [1.82, 2.24) is 15.3 Å². The standard InChI is InChI=1S/C12H18N4O3/c1-12(2,3)10-14-6-8(7-15-10)16-11(19)13-5-4-9(17)18/h6-7H,4-5H2,1-3H3,(H,17,18)(H2,13,16,19). The number of rotatable bonds is 4. The molecule has 1 heterocycles. The Morgan fingerprint density at radius 3 is 2.32 bits per heavy atom. The van der Waals surface area contributed by atoms with Gasteiger partial charge < -0.3 is 15.7 Å². The molecule has 1 aromatic heterocycles. The molecule has 0 saturated heterocycles. The van der Waals surface area contributed by atoms with Crippen molar-refractivity contribution < 1.29 is 14.7 Å². The van der Waals surface area contributed by atoms with Gasteiger partial charge in [0.15, 0.2) is 0 Å². The van der Waals surface area contributed by atoms with Crippen LogP contribution in [0.5, 0.6) is 0 Å². The number of urea groups is 1. The van der Waals surface area contributed by atoms with Gasteiger partial charge in [-0.15, -0.1) is 0 Å². The second-order valence-corrected chi connectivity index (χ2v) is 5.07. The Hall–Kier alpha value is -2.18. The van der Waals surface area contributed by atoms with E-state index in [1.807, 2.05) is 20.8 Å².